The molecule has 0 aliphatic heterocycles. The Balaban J connectivity index is 2.65. The van der Waals surface area contributed by atoms with Gasteiger partial charge in [-0.1, -0.05) is 15.9 Å². The summed E-state index contributed by atoms with van der Waals surface area (Å²) >= 11 is 3.14. The first-order chi connectivity index (χ1) is 7.78. The fourth-order valence-electron chi connectivity index (χ4n) is 1.08. The Hall–Kier alpha value is -0.950. The van der Waals surface area contributed by atoms with Gasteiger partial charge in [0.15, 0.2) is 0 Å². The third-order valence-corrected chi connectivity index (χ3v) is 3.34. The number of nitrogens with one attached hydrogen (secondary N) is 1. The van der Waals surface area contributed by atoms with E-state index in [0.717, 1.165) is 6.26 Å². The monoisotopic (exact) mass is 323 g/mol. The van der Waals surface area contributed by atoms with E-state index >= 15 is 0 Å². The molecule has 0 fully saturated rings. The van der Waals surface area contributed by atoms with Crippen molar-refractivity contribution in [2.45, 2.75) is 6.42 Å². The zero-order valence-electron chi connectivity index (χ0n) is 9.04. The quantitative estimate of drug-likeness (QED) is 0.921. The highest BCUT2D eigenvalue weighted by atomic mass is 79.9. The number of halogens is 2. The number of benzene rings is 1. The molecular formula is C10H11BrFNO3S. The summed E-state index contributed by atoms with van der Waals surface area (Å²) in [6.45, 7) is 0. The average molecular weight is 324 g/mol. The molecule has 0 saturated carbocycles. The van der Waals surface area contributed by atoms with Crippen LogP contribution in [-0.2, 0) is 14.6 Å². The summed E-state index contributed by atoms with van der Waals surface area (Å²) in [5.41, 5.74) is 0.0258. The summed E-state index contributed by atoms with van der Waals surface area (Å²) in [5, 5.41) is 2.32. The van der Waals surface area contributed by atoms with Gasteiger partial charge in [0.2, 0.25) is 5.91 Å². The van der Waals surface area contributed by atoms with Crippen LogP contribution >= 0.6 is 15.9 Å². The lowest BCUT2D eigenvalue weighted by Gasteiger charge is -2.06. The summed E-state index contributed by atoms with van der Waals surface area (Å²) in [5.74, 6) is -1.36. The number of carbonyl (C=O) groups excluding carboxylic acids is 1. The van der Waals surface area contributed by atoms with Crippen LogP contribution in [0.2, 0.25) is 0 Å². The molecule has 1 N–H and O–H groups in total. The first kappa shape index (κ1) is 14.1. The van der Waals surface area contributed by atoms with Gasteiger partial charge < -0.3 is 5.32 Å². The smallest absolute Gasteiger partial charge is 0.225 e. The molecular weight excluding hydrogens is 313 g/mol. The lowest BCUT2D eigenvalue weighted by molar-refractivity contribution is -0.115. The number of hydrogen-bond acceptors (Lipinski definition) is 3. The molecule has 1 aromatic rings. The van der Waals surface area contributed by atoms with Crippen molar-refractivity contribution < 1.29 is 17.6 Å². The van der Waals surface area contributed by atoms with E-state index in [0.29, 0.717) is 4.47 Å². The van der Waals surface area contributed by atoms with Gasteiger partial charge in [0.05, 0.1) is 11.4 Å². The number of sulfone groups is 1. The molecule has 4 nitrogen and oxygen atoms in total. The molecule has 0 aliphatic rings. The number of carbonyl (C=O) groups is 1. The van der Waals surface area contributed by atoms with Gasteiger partial charge in [-0.25, -0.2) is 12.8 Å². The van der Waals surface area contributed by atoms with Crippen LogP contribution in [0.5, 0.6) is 0 Å². The van der Waals surface area contributed by atoms with Crippen molar-refractivity contribution in [1.29, 1.82) is 0 Å². The molecule has 0 heterocycles. The Morgan fingerprint density at radius 3 is 2.71 bits per heavy atom. The standard InChI is InChI=1S/C10H11BrFNO3S/c1-17(15,16)5-4-10(14)13-9-6-7(11)2-3-8(9)12/h2-3,6H,4-5H2,1H3,(H,13,14). The lowest BCUT2D eigenvalue weighted by atomic mass is 10.3. The van der Waals surface area contributed by atoms with Gasteiger partial charge in [-0.05, 0) is 18.2 Å². The Morgan fingerprint density at radius 2 is 2.12 bits per heavy atom. The van der Waals surface area contributed by atoms with Gasteiger partial charge in [0.25, 0.3) is 0 Å². The van der Waals surface area contributed by atoms with Gasteiger partial charge in [0, 0.05) is 17.1 Å². The van der Waals surface area contributed by atoms with Crippen molar-refractivity contribution in [2.24, 2.45) is 0 Å². The number of anilines is 1. The second-order valence-electron chi connectivity index (χ2n) is 3.55. The van der Waals surface area contributed by atoms with E-state index < -0.39 is 21.6 Å². The minimum Gasteiger partial charge on any atom is -0.324 e. The molecule has 1 amide bonds. The molecule has 7 heteroatoms. The highest BCUT2D eigenvalue weighted by Gasteiger charge is 2.10. The second kappa shape index (κ2) is 5.59. The normalized spacial score (nSPS) is 11.2. The van der Waals surface area contributed by atoms with Crippen LogP contribution in [0.3, 0.4) is 0 Å². The summed E-state index contributed by atoms with van der Waals surface area (Å²) < 4.78 is 35.6. The van der Waals surface area contributed by atoms with Crippen LogP contribution in [-0.4, -0.2) is 26.3 Å². The van der Waals surface area contributed by atoms with Crippen LogP contribution in [0, 0.1) is 5.82 Å². The molecule has 94 valence electrons. The first-order valence-corrected chi connectivity index (χ1v) is 7.56. The van der Waals surface area contributed by atoms with E-state index in [1.54, 1.807) is 0 Å². The SMILES string of the molecule is CS(=O)(=O)CCC(=O)Nc1cc(Br)ccc1F. The Morgan fingerprint density at radius 1 is 1.47 bits per heavy atom. The lowest BCUT2D eigenvalue weighted by Crippen LogP contribution is -2.17. The molecule has 0 aromatic heterocycles. The van der Waals surface area contributed by atoms with Crippen molar-refractivity contribution in [3.63, 3.8) is 0 Å². The van der Waals surface area contributed by atoms with E-state index in [4.69, 9.17) is 0 Å². The molecule has 1 rings (SSSR count). The van der Waals surface area contributed by atoms with Gasteiger partial charge in [-0.3, -0.25) is 4.79 Å². The summed E-state index contributed by atoms with van der Waals surface area (Å²) in [6.07, 6.45) is 0.852. The van der Waals surface area contributed by atoms with Crippen LogP contribution in [0.4, 0.5) is 10.1 Å². The van der Waals surface area contributed by atoms with E-state index in [1.165, 1.54) is 18.2 Å². The Bertz CT molecular complexity index is 530. The third-order valence-electron chi connectivity index (χ3n) is 1.90. The minimum absolute atomic E-state index is 0.0258. The zero-order chi connectivity index (χ0) is 13.1. The van der Waals surface area contributed by atoms with Gasteiger partial charge in [0.1, 0.15) is 15.7 Å². The van der Waals surface area contributed by atoms with Crippen molar-refractivity contribution in [3.8, 4) is 0 Å². The highest BCUT2D eigenvalue weighted by Crippen LogP contribution is 2.20. The van der Waals surface area contributed by atoms with Crippen LogP contribution in [0.1, 0.15) is 6.42 Å². The van der Waals surface area contributed by atoms with Crippen LogP contribution in [0.15, 0.2) is 22.7 Å². The molecule has 0 radical (unpaired) electrons. The topological polar surface area (TPSA) is 63.2 Å². The van der Waals surface area contributed by atoms with Gasteiger partial charge >= 0.3 is 0 Å². The Kier molecular flexibility index (Phi) is 4.64. The largest absolute Gasteiger partial charge is 0.324 e. The second-order valence-corrected chi connectivity index (χ2v) is 6.73. The predicted octanol–water partition coefficient (Wildman–Crippen LogP) is 1.96. The molecule has 0 bridgehead atoms. The van der Waals surface area contributed by atoms with Crippen LogP contribution < -0.4 is 5.32 Å². The van der Waals surface area contributed by atoms with E-state index in [1.807, 2.05) is 0 Å². The maximum Gasteiger partial charge on any atom is 0.225 e. The molecule has 0 spiro atoms. The summed E-state index contributed by atoms with van der Waals surface area (Å²) in [7, 11) is -3.19. The predicted molar refractivity (Wildman–Crippen MR) is 67.1 cm³/mol. The number of amides is 1. The van der Waals surface area contributed by atoms with Crippen LogP contribution in [0.25, 0.3) is 0 Å². The maximum absolute atomic E-state index is 13.3. The summed E-state index contributed by atoms with van der Waals surface area (Å²) in [4.78, 5) is 11.4. The molecule has 0 unspecified atom stereocenters. The van der Waals surface area contributed by atoms with Gasteiger partial charge in [-0.2, -0.15) is 0 Å². The Labute approximate surface area is 107 Å². The maximum atomic E-state index is 13.3. The third kappa shape index (κ3) is 5.27. The van der Waals surface area contributed by atoms with Crippen molar-refractivity contribution >= 4 is 37.4 Å². The molecule has 0 aliphatic carbocycles. The molecule has 1 aromatic carbocycles. The fraction of sp³-hybridized carbons (Fsp3) is 0.300. The number of rotatable bonds is 4. The van der Waals surface area contributed by atoms with Crippen molar-refractivity contribution in [1.82, 2.24) is 0 Å². The minimum atomic E-state index is -3.19. The molecule has 17 heavy (non-hydrogen) atoms. The van der Waals surface area contributed by atoms with Gasteiger partial charge in [-0.15, -0.1) is 0 Å². The molecule has 0 atom stereocenters. The number of hydrogen-bond donors (Lipinski definition) is 1. The van der Waals surface area contributed by atoms with E-state index in [-0.39, 0.29) is 17.9 Å². The van der Waals surface area contributed by atoms with E-state index in [9.17, 15) is 17.6 Å². The first-order valence-electron chi connectivity index (χ1n) is 4.70. The average Bonchev–Trinajstić information content (AvgIpc) is 2.20. The van der Waals surface area contributed by atoms with Crippen molar-refractivity contribution in [3.05, 3.63) is 28.5 Å². The fourth-order valence-corrected chi connectivity index (χ4v) is 2.00. The zero-order valence-corrected chi connectivity index (χ0v) is 11.4. The molecule has 0 saturated heterocycles. The van der Waals surface area contributed by atoms with Crippen molar-refractivity contribution in [2.75, 3.05) is 17.3 Å². The van der Waals surface area contributed by atoms with E-state index in [2.05, 4.69) is 21.2 Å². The highest BCUT2D eigenvalue weighted by molar-refractivity contribution is 9.10. The summed E-state index contributed by atoms with van der Waals surface area (Å²) in [6, 6.07) is 4.12.